The summed E-state index contributed by atoms with van der Waals surface area (Å²) in [6.45, 7) is 4.35. The standard InChI is InChI=1S/C11H14N4/c1-8-7-11(12)9(2)6-10(8)4-3-5-14-15-13/h3-4,6-7H,5,12H2,1-2H3. The van der Waals surface area contributed by atoms with Crippen molar-refractivity contribution in [1.29, 1.82) is 0 Å². The Labute approximate surface area is 89.0 Å². The molecule has 0 aliphatic heterocycles. The van der Waals surface area contributed by atoms with Crippen molar-refractivity contribution in [3.8, 4) is 0 Å². The summed E-state index contributed by atoms with van der Waals surface area (Å²) in [5, 5.41) is 3.43. The predicted octanol–water partition coefficient (Wildman–Crippen LogP) is 3.21. The molecule has 0 saturated heterocycles. The van der Waals surface area contributed by atoms with Crippen LogP contribution in [0.25, 0.3) is 16.5 Å². The number of benzene rings is 1. The number of nitrogens with zero attached hydrogens (tertiary/aromatic N) is 3. The van der Waals surface area contributed by atoms with Crippen LogP contribution in [0.1, 0.15) is 16.7 Å². The monoisotopic (exact) mass is 202 g/mol. The van der Waals surface area contributed by atoms with Crippen LogP contribution in [0.2, 0.25) is 0 Å². The van der Waals surface area contributed by atoms with Crippen LogP contribution < -0.4 is 5.73 Å². The molecule has 0 spiro atoms. The zero-order chi connectivity index (χ0) is 11.3. The highest BCUT2D eigenvalue weighted by molar-refractivity contribution is 5.61. The van der Waals surface area contributed by atoms with E-state index in [1.807, 2.05) is 38.1 Å². The van der Waals surface area contributed by atoms with E-state index in [2.05, 4.69) is 10.0 Å². The largest absolute Gasteiger partial charge is 0.399 e. The number of hydrogen-bond acceptors (Lipinski definition) is 2. The second-order valence-electron chi connectivity index (χ2n) is 3.38. The molecular weight excluding hydrogens is 188 g/mol. The molecule has 1 aromatic carbocycles. The summed E-state index contributed by atoms with van der Waals surface area (Å²) in [6.07, 6.45) is 3.77. The van der Waals surface area contributed by atoms with E-state index < -0.39 is 0 Å². The normalized spacial score (nSPS) is 10.3. The van der Waals surface area contributed by atoms with Gasteiger partial charge < -0.3 is 5.73 Å². The molecule has 0 fully saturated rings. The Hall–Kier alpha value is -1.93. The van der Waals surface area contributed by atoms with Crippen LogP contribution in [0.15, 0.2) is 23.3 Å². The smallest absolute Gasteiger partial charge is 0.0443 e. The number of rotatable bonds is 3. The minimum atomic E-state index is 0.374. The lowest BCUT2D eigenvalue weighted by molar-refractivity contribution is 1.22. The molecule has 0 bridgehead atoms. The Kier molecular flexibility index (Phi) is 3.77. The van der Waals surface area contributed by atoms with Crippen LogP contribution in [0.3, 0.4) is 0 Å². The molecule has 0 heterocycles. The topological polar surface area (TPSA) is 74.8 Å². The van der Waals surface area contributed by atoms with Gasteiger partial charge in [0.25, 0.3) is 0 Å². The van der Waals surface area contributed by atoms with Crippen molar-refractivity contribution in [2.45, 2.75) is 13.8 Å². The zero-order valence-electron chi connectivity index (χ0n) is 8.94. The van der Waals surface area contributed by atoms with Crippen LogP contribution in [-0.2, 0) is 0 Å². The number of hydrogen-bond donors (Lipinski definition) is 1. The van der Waals surface area contributed by atoms with Gasteiger partial charge in [-0.15, -0.1) is 0 Å². The van der Waals surface area contributed by atoms with Gasteiger partial charge in [-0.05, 0) is 48.2 Å². The molecule has 0 atom stereocenters. The molecule has 4 heteroatoms. The number of anilines is 1. The van der Waals surface area contributed by atoms with Gasteiger partial charge in [0, 0.05) is 17.1 Å². The number of aryl methyl sites for hydroxylation is 2. The maximum Gasteiger partial charge on any atom is 0.0443 e. The van der Waals surface area contributed by atoms with Crippen molar-refractivity contribution in [2.75, 3.05) is 12.3 Å². The van der Waals surface area contributed by atoms with Crippen LogP contribution >= 0.6 is 0 Å². The van der Waals surface area contributed by atoms with Gasteiger partial charge in [-0.2, -0.15) is 0 Å². The third-order valence-corrected chi connectivity index (χ3v) is 2.20. The van der Waals surface area contributed by atoms with Crippen LogP contribution in [0.4, 0.5) is 5.69 Å². The highest BCUT2D eigenvalue weighted by Gasteiger charge is 1.98. The second-order valence-corrected chi connectivity index (χ2v) is 3.38. The lowest BCUT2D eigenvalue weighted by Gasteiger charge is -2.05. The summed E-state index contributed by atoms with van der Waals surface area (Å²) < 4.78 is 0. The maximum absolute atomic E-state index is 8.11. The summed E-state index contributed by atoms with van der Waals surface area (Å²) in [4.78, 5) is 2.67. The minimum Gasteiger partial charge on any atom is -0.399 e. The lowest BCUT2D eigenvalue weighted by atomic mass is 10.0. The van der Waals surface area contributed by atoms with Gasteiger partial charge in [0.1, 0.15) is 0 Å². The van der Waals surface area contributed by atoms with Gasteiger partial charge in [0.2, 0.25) is 0 Å². The van der Waals surface area contributed by atoms with Crippen LogP contribution in [-0.4, -0.2) is 6.54 Å². The summed E-state index contributed by atoms with van der Waals surface area (Å²) in [5.74, 6) is 0. The second kappa shape index (κ2) is 5.08. The van der Waals surface area contributed by atoms with Crippen molar-refractivity contribution in [3.63, 3.8) is 0 Å². The maximum atomic E-state index is 8.11. The van der Waals surface area contributed by atoms with Crippen LogP contribution in [0.5, 0.6) is 0 Å². The van der Waals surface area contributed by atoms with E-state index in [1.54, 1.807) is 0 Å². The first kappa shape index (κ1) is 11.1. The van der Waals surface area contributed by atoms with Gasteiger partial charge in [0.15, 0.2) is 0 Å². The van der Waals surface area contributed by atoms with Gasteiger partial charge in [0.05, 0.1) is 0 Å². The van der Waals surface area contributed by atoms with Gasteiger partial charge >= 0.3 is 0 Å². The Morgan fingerprint density at radius 3 is 2.80 bits per heavy atom. The fourth-order valence-corrected chi connectivity index (χ4v) is 1.30. The Bertz CT molecular complexity index is 428. The molecule has 0 aliphatic rings. The molecule has 15 heavy (non-hydrogen) atoms. The molecule has 0 aromatic heterocycles. The summed E-state index contributed by atoms with van der Waals surface area (Å²) in [6, 6.07) is 3.97. The summed E-state index contributed by atoms with van der Waals surface area (Å²) in [7, 11) is 0. The molecule has 2 N–H and O–H groups in total. The minimum absolute atomic E-state index is 0.374. The molecule has 1 aromatic rings. The SMILES string of the molecule is Cc1cc(C=CCN=[N+]=[N-])c(C)cc1N. The van der Waals surface area contributed by atoms with E-state index in [9.17, 15) is 0 Å². The Morgan fingerprint density at radius 1 is 1.40 bits per heavy atom. The van der Waals surface area contributed by atoms with Crippen molar-refractivity contribution >= 4 is 11.8 Å². The van der Waals surface area contributed by atoms with Crippen molar-refractivity contribution < 1.29 is 0 Å². The number of nitrogens with two attached hydrogens (primary N) is 1. The van der Waals surface area contributed by atoms with Crippen molar-refractivity contribution in [1.82, 2.24) is 0 Å². The summed E-state index contributed by atoms with van der Waals surface area (Å²) >= 11 is 0. The van der Waals surface area contributed by atoms with E-state index in [-0.39, 0.29) is 0 Å². The van der Waals surface area contributed by atoms with Crippen molar-refractivity contribution in [2.24, 2.45) is 5.11 Å². The first-order valence-electron chi connectivity index (χ1n) is 4.69. The predicted molar refractivity (Wildman–Crippen MR) is 63.4 cm³/mol. The molecule has 1 rings (SSSR count). The number of azide groups is 1. The van der Waals surface area contributed by atoms with E-state index in [0.29, 0.717) is 6.54 Å². The molecule has 0 radical (unpaired) electrons. The molecule has 0 saturated carbocycles. The first-order valence-corrected chi connectivity index (χ1v) is 4.69. The quantitative estimate of drug-likeness (QED) is 0.347. The third-order valence-electron chi connectivity index (χ3n) is 2.20. The van der Waals surface area contributed by atoms with Crippen molar-refractivity contribution in [3.05, 3.63) is 45.3 Å². The zero-order valence-corrected chi connectivity index (χ0v) is 8.94. The summed E-state index contributed by atoms with van der Waals surface area (Å²) in [5.41, 5.74) is 18.0. The number of nitrogen functional groups attached to an aromatic ring is 1. The average molecular weight is 202 g/mol. The molecular formula is C11H14N4. The van der Waals surface area contributed by atoms with E-state index in [0.717, 1.165) is 22.4 Å². The first-order chi connectivity index (χ1) is 7.15. The molecule has 4 nitrogen and oxygen atoms in total. The highest BCUT2D eigenvalue weighted by Crippen LogP contribution is 2.18. The molecule has 0 amide bonds. The molecule has 78 valence electrons. The van der Waals surface area contributed by atoms with Gasteiger partial charge in [-0.25, -0.2) is 0 Å². The average Bonchev–Trinajstić information content (AvgIpc) is 2.20. The Morgan fingerprint density at radius 2 is 2.13 bits per heavy atom. The van der Waals surface area contributed by atoms with Crippen LogP contribution in [0, 0.1) is 13.8 Å². The van der Waals surface area contributed by atoms with E-state index in [1.165, 1.54) is 0 Å². The lowest BCUT2D eigenvalue weighted by Crippen LogP contribution is -1.92. The third kappa shape index (κ3) is 3.04. The fraction of sp³-hybridized carbons (Fsp3) is 0.273. The van der Waals surface area contributed by atoms with Gasteiger partial charge in [-0.1, -0.05) is 17.3 Å². The molecule has 0 unspecified atom stereocenters. The highest BCUT2D eigenvalue weighted by atomic mass is 15.1. The van der Waals surface area contributed by atoms with E-state index in [4.69, 9.17) is 11.3 Å². The van der Waals surface area contributed by atoms with E-state index >= 15 is 0 Å². The Balaban J connectivity index is 2.90. The van der Waals surface area contributed by atoms with Gasteiger partial charge in [-0.3, -0.25) is 0 Å². The molecule has 0 aliphatic carbocycles. The fourth-order valence-electron chi connectivity index (χ4n) is 1.30.